The Hall–Kier alpha value is -3.39. The van der Waals surface area contributed by atoms with Crippen LogP contribution < -0.4 is 20.3 Å². The molecule has 3 N–H and O–H groups in total. The molecule has 2 aromatic rings. The molecule has 0 radical (unpaired) electrons. The van der Waals surface area contributed by atoms with E-state index in [1.165, 1.54) is 0 Å². The van der Waals surface area contributed by atoms with Crippen LogP contribution in [0.4, 0.5) is 11.4 Å². The molecule has 3 aliphatic rings. The van der Waals surface area contributed by atoms with Gasteiger partial charge in [-0.1, -0.05) is 18.2 Å². The highest BCUT2D eigenvalue weighted by atomic mass is 16.5. The van der Waals surface area contributed by atoms with Crippen molar-refractivity contribution in [2.75, 3.05) is 29.9 Å². The lowest BCUT2D eigenvalue weighted by Gasteiger charge is -2.34. The van der Waals surface area contributed by atoms with Gasteiger partial charge in [-0.15, -0.1) is 0 Å². The van der Waals surface area contributed by atoms with Gasteiger partial charge in [0.2, 0.25) is 5.91 Å². The predicted octanol–water partition coefficient (Wildman–Crippen LogP) is 1.25. The lowest BCUT2D eigenvalue weighted by Crippen LogP contribution is -2.46. The van der Waals surface area contributed by atoms with Crippen LogP contribution in [-0.2, 0) is 32.8 Å². The minimum atomic E-state index is -1.29. The highest BCUT2D eigenvalue weighted by Gasteiger charge is 2.36. The van der Waals surface area contributed by atoms with Gasteiger partial charge >= 0.3 is 11.8 Å². The number of hydrogen-bond donors (Lipinski definition) is 3. The molecule has 31 heavy (non-hydrogen) atoms. The molecule has 3 aliphatic heterocycles. The zero-order valence-electron chi connectivity index (χ0n) is 16.9. The maximum absolute atomic E-state index is 12.5. The number of nitrogens with one attached hydrogen (secondary N) is 2. The highest BCUT2D eigenvalue weighted by Crippen LogP contribution is 2.39. The molecule has 0 saturated carbocycles. The van der Waals surface area contributed by atoms with Crippen LogP contribution in [-0.4, -0.2) is 42.5 Å². The van der Waals surface area contributed by atoms with Crippen molar-refractivity contribution in [1.29, 1.82) is 0 Å². The Morgan fingerprint density at radius 2 is 1.87 bits per heavy atom. The van der Waals surface area contributed by atoms with Gasteiger partial charge in [-0.2, -0.15) is 0 Å². The molecule has 8 nitrogen and oxygen atoms in total. The highest BCUT2D eigenvalue weighted by molar-refractivity contribution is 6.39. The van der Waals surface area contributed by atoms with Gasteiger partial charge < -0.3 is 25.4 Å². The Morgan fingerprint density at radius 3 is 2.71 bits per heavy atom. The molecule has 0 aromatic heterocycles. The number of rotatable bonds is 3. The Kier molecular flexibility index (Phi) is 4.66. The fourth-order valence-corrected chi connectivity index (χ4v) is 4.65. The van der Waals surface area contributed by atoms with E-state index >= 15 is 0 Å². The van der Waals surface area contributed by atoms with Crippen molar-refractivity contribution < 1.29 is 24.2 Å². The third kappa shape index (κ3) is 3.42. The van der Waals surface area contributed by atoms with Crippen molar-refractivity contribution >= 4 is 29.1 Å². The number of aliphatic hydroxyl groups is 1. The number of nitrogens with zero attached hydrogens (tertiary/aromatic N) is 1. The maximum atomic E-state index is 12.5. The summed E-state index contributed by atoms with van der Waals surface area (Å²) in [4.78, 5) is 38.7. The first kappa shape index (κ1) is 19.6. The van der Waals surface area contributed by atoms with E-state index in [2.05, 4.69) is 10.6 Å². The quantitative estimate of drug-likeness (QED) is 0.647. The third-order valence-electron chi connectivity index (χ3n) is 6.22. The number of para-hydroxylation sites is 1. The molecular formula is C23H23N3O5. The summed E-state index contributed by atoms with van der Waals surface area (Å²) in [5.74, 6) is -0.897. The van der Waals surface area contributed by atoms with Gasteiger partial charge in [-0.3, -0.25) is 14.4 Å². The minimum Gasteiger partial charge on any atom is -0.493 e. The normalized spacial score (nSPS) is 21.1. The number of benzene rings is 2. The van der Waals surface area contributed by atoms with Gasteiger partial charge in [0.25, 0.3) is 0 Å². The van der Waals surface area contributed by atoms with Crippen LogP contribution in [0, 0.1) is 0 Å². The van der Waals surface area contributed by atoms with Gasteiger partial charge in [0, 0.05) is 30.6 Å². The van der Waals surface area contributed by atoms with Gasteiger partial charge in [0.1, 0.15) is 11.4 Å². The van der Waals surface area contributed by atoms with Crippen LogP contribution >= 0.6 is 0 Å². The van der Waals surface area contributed by atoms with Crippen LogP contribution in [0.2, 0.25) is 0 Å². The first-order valence-electron chi connectivity index (χ1n) is 10.4. The van der Waals surface area contributed by atoms with E-state index in [0.717, 1.165) is 23.2 Å². The lowest BCUT2D eigenvalue weighted by atomic mass is 9.88. The minimum absolute atomic E-state index is 0.0911. The van der Waals surface area contributed by atoms with E-state index in [-0.39, 0.29) is 12.5 Å². The zero-order chi connectivity index (χ0) is 21.6. The molecule has 0 bridgehead atoms. The standard InChI is InChI=1S/C23H23N3O5/c27-19-6-5-14-11-16(12-15-7-9-26(19)20(14)15)25-22(29)21(28)24-13-23(30)8-10-31-18-4-2-1-3-17(18)23/h1-4,11-12,30H,5-10,13H2,(H,24,28)(H,25,29). The fraction of sp³-hybridized carbons (Fsp3) is 0.348. The van der Waals surface area contributed by atoms with Crippen LogP contribution in [0.1, 0.15) is 29.5 Å². The smallest absolute Gasteiger partial charge is 0.313 e. The van der Waals surface area contributed by atoms with Crippen molar-refractivity contribution in [1.82, 2.24) is 5.32 Å². The lowest BCUT2D eigenvalue weighted by molar-refractivity contribution is -0.137. The molecule has 3 amide bonds. The number of ether oxygens (including phenoxy) is 1. The molecule has 8 heteroatoms. The Morgan fingerprint density at radius 1 is 1.10 bits per heavy atom. The summed E-state index contributed by atoms with van der Waals surface area (Å²) in [6.45, 7) is 0.891. The van der Waals surface area contributed by atoms with Crippen molar-refractivity contribution in [2.45, 2.75) is 31.3 Å². The molecular weight excluding hydrogens is 398 g/mol. The summed E-state index contributed by atoms with van der Waals surface area (Å²) < 4.78 is 5.55. The van der Waals surface area contributed by atoms with Crippen LogP contribution in [0.15, 0.2) is 36.4 Å². The largest absolute Gasteiger partial charge is 0.493 e. The first-order chi connectivity index (χ1) is 14.9. The summed E-state index contributed by atoms with van der Waals surface area (Å²) in [5, 5.41) is 16.2. The number of anilines is 2. The molecule has 0 saturated heterocycles. The predicted molar refractivity (Wildman–Crippen MR) is 113 cm³/mol. The maximum Gasteiger partial charge on any atom is 0.313 e. The van der Waals surface area contributed by atoms with E-state index in [0.29, 0.717) is 49.4 Å². The monoisotopic (exact) mass is 421 g/mol. The molecule has 2 aromatic carbocycles. The van der Waals surface area contributed by atoms with Crippen molar-refractivity contribution in [3.05, 3.63) is 53.1 Å². The van der Waals surface area contributed by atoms with Crippen molar-refractivity contribution in [3.8, 4) is 5.75 Å². The van der Waals surface area contributed by atoms with Crippen LogP contribution in [0.25, 0.3) is 0 Å². The van der Waals surface area contributed by atoms with Crippen LogP contribution in [0.3, 0.4) is 0 Å². The fourth-order valence-electron chi connectivity index (χ4n) is 4.65. The van der Waals surface area contributed by atoms with E-state index in [1.54, 1.807) is 23.1 Å². The van der Waals surface area contributed by atoms with Crippen LogP contribution in [0.5, 0.6) is 5.75 Å². The SMILES string of the molecule is O=C(NCC1(O)CCOc2ccccc21)C(=O)Nc1cc2c3c(c1)CCN3C(=O)CC2. The summed E-state index contributed by atoms with van der Waals surface area (Å²) in [6.07, 6.45) is 2.13. The van der Waals surface area contributed by atoms with E-state index in [1.807, 2.05) is 18.2 Å². The first-order valence-corrected chi connectivity index (χ1v) is 10.4. The Bertz CT molecular complexity index is 1100. The summed E-state index contributed by atoms with van der Waals surface area (Å²) >= 11 is 0. The Labute approximate surface area is 179 Å². The van der Waals surface area contributed by atoms with Gasteiger partial charge in [0.15, 0.2) is 0 Å². The molecule has 5 rings (SSSR count). The van der Waals surface area contributed by atoms with Crippen molar-refractivity contribution in [2.24, 2.45) is 0 Å². The second-order valence-electron chi connectivity index (χ2n) is 8.20. The molecule has 3 heterocycles. The summed E-state index contributed by atoms with van der Waals surface area (Å²) in [7, 11) is 0. The summed E-state index contributed by atoms with van der Waals surface area (Å²) in [5.41, 5.74) is 2.82. The number of amides is 3. The Balaban J connectivity index is 1.26. The second-order valence-corrected chi connectivity index (χ2v) is 8.20. The average Bonchev–Trinajstić information content (AvgIpc) is 3.20. The molecule has 0 aliphatic carbocycles. The second kappa shape index (κ2) is 7.39. The average molecular weight is 421 g/mol. The third-order valence-corrected chi connectivity index (χ3v) is 6.22. The van der Waals surface area contributed by atoms with Gasteiger partial charge in [0.05, 0.1) is 18.8 Å². The van der Waals surface area contributed by atoms with Gasteiger partial charge in [-0.25, -0.2) is 0 Å². The summed E-state index contributed by atoms with van der Waals surface area (Å²) in [6, 6.07) is 10.8. The van der Waals surface area contributed by atoms with Crippen molar-refractivity contribution in [3.63, 3.8) is 0 Å². The van der Waals surface area contributed by atoms with E-state index in [4.69, 9.17) is 4.74 Å². The topological polar surface area (TPSA) is 108 Å². The molecule has 1 atom stereocenters. The number of fused-ring (bicyclic) bond motifs is 1. The number of hydrogen-bond acceptors (Lipinski definition) is 5. The molecule has 1 unspecified atom stereocenters. The van der Waals surface area contributed by atoms with E-state index < -0.39 is 17.4 Å². The number of aryl methyl sites for hydroxylation is 1. The zero-order valence-corrected chi connectivity index (χ0v) is 16.9. The molecule has 0 spiro atoms. The van der Waals surface area contributed by atoms with Gasteiger partial charge in [-0.05, 0) is 42.2 Å². The number of carbonyl (C=O) groups is 3. The number of carbonyl (C=O) groups excluding carboxylic acids is 3. The van der Waals surface area contributed by atoms with E-state index in [9.17, 15) is 19.5 Å². The molecule has 160 valence electrons. The molecule has 0 fully saturated rings.